The minimum Gasteiger partial charge on any atom is -0.395 e. The Labute approximate surface area is 96.2 Å². The Balaban J connectivity index is 2.41. The quantitative estimate of drug-likeness (QED) is 0.699. The van der Waals surface area contributed by atoms with E-state index in [0.29, 0.717) is 13.0 Å². The first-order valence-electron chi connectivity index (χ1n) is 5.46. The summed E-state index contributed by atoms with van der Waals surface area (Å²) in [4.78, 5) is 6.19. The average molecular weight is 219 g/mol. The molecule has 1 aromatic heterocycles. The summed E-state index contributed by atoms with van der Waals surface area (Å²) in [5.74, 6) is 0. The normalized spacial score (nSPS) is 10.3. The van der Waals surface area contributed by atoms with E-state index < -0.39 is 0 Å². The monoisotopic (exact) mass is 219 g/mol. The van der Waals surface area contributed by atoms with Gasteiger partial charge in [0.2, 0.25) is 0 Å². The SMILES string of the molecule is N#CCCCN(CCO)Cc1cccnc1. The second-order valence-corrected chi connectivity index (χ2v) is 3.62. The number of aliphatic hydroxyl groups is 1. The van der Waals surface area contributed by atoms with Gasteiger partial charge in [-0.25, -0.2) is 0 Å². The van der Waals surface area contributed by atoms with Crippen LogP contribution in [0.5, 0.6) is 0 Å². The number of aromatic nitrogens is 1. The van der Waals surface area contributed by atoms with Crippen LogP contribution in [-0.2, 0) is 6.54 Å². The number of hydrogen-bond donors (Lipinski definition) is 1. The number of nitrogens with zero attached hydrogens (tertiary/aromatic N) is 3. The van der Waals surface area contributed by atoms with Crippen LogP contribution >= 0.6 is 0 Å². The number of aliphatic hydroxyl groups excluding tert-OH is 1. The molecule has 86 valence electrons. The fourth-order valence-corrected chi connectivity index (χ4v) is 1.54. The lowest BCUT2D eigenvalue weighted by molar-refractivity contribution is 0.189. The molecule has 0 aliphatic heterocycles. The van der Waals surface area contributed by atoms with Gasteiger partial charge in [0.05, 0.1) is 12.7 Å². The second-order valence-electron chi connectivity index (χ2n) is 3.62. The Hall–Kier alpha value is -1.44. The van der Waals surface area contributed by atoms with E-state index in [2.05, 4.69) is 16.0 Å². The fourth-order valence-electron chi connectivity index (χ4n) is 1.54. The van der Waals surface area contributed by atoms with E-state index in [1.54, 1.807) is 6.20 Å². The zero-order chi connectivity index (χ0) is 11.6. The van der Waals surface area contributed by atoms with Crippen LogP contribution in [0.15, 0.2) is 24.5 Å². The lowest BCUT2D eigenvalue weighted by Crippen LogP contribution is -2.27. The van der Waals surface area contributed by atoms with Crippen molar-refractivity contribution in [3.05, 3.63) is 30.1 Å². The summed E-state index contributed by atoms with van der Waals surface area (Å²) in [7, 11) is 0. The Morgan fingerprint density at radius 2 is 2.31 bits per heavy atom. The van der Waals surface area contributed by atoms with E-state index in [4.69, 9.17) is 10.4 Å². The molecular formula is C12H17N3O. The van der Waals surface area contributed by atoms with Crippen LogP contribution in [0.25, 0.3) is 0 Å². The van der Waals surface area contributed by atoms with Crippen LogP contribution in [0, 0.1) is 11.3 Å². The number of pyridine rings is 1. The molecule has 0 unspecified atom stereocenters. The first kappa shape index (κ1) is 12.6. The zero-order valence-electron chi connectivity index (χ0n) is 9.34. The molecule has 0 amide bonds. The highest BCUT2D eigenvalue weighted by Gasteiger charge is 2.04. The molecule has 0 saturated heterocycles. The number of rotatable bonds is 7. The summed E-state index contributed by atoms with van der Waals surface area (Å²) in [5, 5.41) is 17.4. The Morgan fingerprint density at radius 3 is 2.94 bits per heavy atom. The highest BCUT2D eigenvalue weighted by atomic mass is 16.3. The van der Waals surface area contributed by atoms with Crippen molar-refractivity contribution in [1.82, 2.24) is 9.88 Å². The summed E-state index contributed by atoms with van der Waals surface area (Å²) in [6.07, 6.45) is 4.98. The highest BCUT2D eigenvalue weighted by molar-refractivity contribution is 5.08. The predicted octanol–water partition coefficient (Wildman–Crippen LogP) is 1.18. The molecule has 1 rings (SSSR count). The smallest absolute Gasteiger partial charge is 0.0622 e. The van der Waals surface area contributed by atoms with Crippen molar-refractivity contribution < 1.29 is 5.11 Å². The number of unbranched alkanes of at least 4 members (excludes halogenated alkanes) is 1. The zero-order valence-corrected chi connectivity index (χ0v) is 9.34. The molecule has 0 spiro atoms. The summed E-state index contributed by atoms with van der Waals surface area (Å²) in [6.45, 7) is 2.40. The van der Waals surface area contributed by atoms with Gasteiger partial charge in [-0.3, -0.25) is 9.88 Å². The van der Waals surface area contributed by atoms with Crippen molar-refractivity contribution in [2.75, 3.05) is 19.7 Å². The van der Waals surface area contributed by atoms with Crippen molar-refractivity contribution in [2.45, 2.75) is 19.4 Å². The predicted molar refractivity (Wildman–Crippen MR) is 61.4 cm³/mol. The third-order valence-electron chi connectivity index (χ3n) is 2.31. The first-order valence-corrected chi connectivity index (χ1v) is 5.46. The fraction of sp³-hybridized carbons (Fsp3) is 0.500. The lowest BCUT2D eigenvalue weighted by Gasteiger charge is -2.20. The molecular weight excluding hydrogens is 202 g/mol. The van der Waals surface area contributed by atoms with E-state index in [1.165, 1.54) is 0 Å². The highest BCUT2D eigenvalue weighted by Crippen LogP contribution is 2.04. The van der Waals surface area contributed by atoms with Gasteiger partial charge in [-0.05, 0) is 24.6 Å². The molecule has 1 heterocycles. The summed E-state index contributed by atoms with van der Waals surface area (Å²) in [6, 6.07) is 6.05. The standard InChI is InChI=1S/C12H17N3O/c13-5-1-2-7-15(8-9-16)11-12-4-3-6-14-10-12/h3-4,6,10,16H,1-2,7-9,11H2. The Kier molecular flexibility index (Phi) is 6.16. The van der Waals surface area contributed by atoms with Gasteiger partial charge in [-0.2, -0.15) is 5.26 Å². The van der Waals surface area contributed by atoms with Gasteiger partial charge < -0.3 is 5.11 Å². The molecule has 0 saturated carbocycles. The molecule has 1 aromatic rings. The van der Waals surface area contributed by atoms with Gasteiger partial charge in [0.25, 0.3) is 0 Å². The van der Waals surface area contributed by atoms with Gasteiger partial charge in [-0.1, -0.05) is 6.07 Å². The van der Waals surface area contributed by atoms with Crippen LogP contribution in [0.2, 0.25) is 0 Å². The van der Waals surface area contributed by atoms with Gasteiger partial charge in [0.1, 0.15) is 0 Å². The molecule has 0 aliphatic rings. The van der Waals surface area contributed by atoms with Crippen LogP contribution in [0.4, 0.5) is 0 Å². The molecule has 16 heavy (non-hydrogen) atoms. The van der Waals surface area contributed by atoms with Crippen LogP contribution in [-0.4, -0.2) is 34.7 Å². The van der Waals surface area contributed by atoms with Gasteiger partial charge in [0.15, 0.2) is 0 Å². The van der Waals surface area contributed by atoms with Gasteiger partial charge >= 0.3 is 0 Å². The molecule has 4 nitrogen and oxygen atoms in total. The van der Waals surface area contributed by atoms with Crippen molar-refractivity contribution in [2.24, 2.45) is 0 Å². The number of hydrogen-bond acceptors (Lipinski definition) is 4. The molecule has 1 N–H and O–H groups in total. The largest absolute Gasteiger partial charge is 0.395 e. The van der Waals surface area contributed by atoms with E-state index in [-0.39, 0.29) is 6.61 Å². The maximum Gasteiger partial charge on any atom is 0.0622 e. The van der Waals surface area contributed by atoms with Crippen molar-refractivity contribution in [1.29, 1.82) is 5.26 Å². The minimum atomic E-state index is 0.146. The first-order chi connectivity index (χ1) is 7.86. The summed E-state index contributed by atoms with van der Waals surface area (Å²) in [5.41, 5.74) is 1.13. The minimum absolute atomic E-state index is 0.146. The van der Waals surface area contributed by atoms with Crippen LogP contribution in [0.3, 0.4) is 0 Å². The lowest BCUT2D eigenvalue weighted by atomic mass is 10.2. The molecule has 0 fully saturated rings. The van der Waals surface area contributed by atoms with E-state index >= 15 is 0 Å². The molecule has 0 aromatic carbocycles. The van der Waals surface area contributed by atoms with Crippen molar-refractivity contribution in [3.63, 3.8) is 0 Å². The van der Waals surface area contributed by atoms with Crippen molar-refractivity contribution in [3.8, 4) is 6.07 Å². The van der Waals surface area contributed by atoms with Gasteiger partial charge in [0, 0.05) is 31.9 Å². The topological polar surface area (TPSA) is 60.2 Å². The Morgan fingerprint density at radius 1 is 1.44 bits per heavy atom. The van der Waals surface area contributed by atoms with E-state index in [1.807, 2.05) is 18.3 Å². The molecule has 4 heteroatoms. The Bertz CT molecular complexity index is 321. The third kappa shape index (κ3) is 4.87. The average Bonchev–Trinajstić information content (AvgIpc) is 2.31. The summed E-state index contributed by atoms with van der Waals surface area (Å²) >= 11 is 0. The summed E-state index contributed by atoms with van der Waals surface area (Å²) < 4.78 is 0. The number of nitriles is 1. The van der Waals surface area contributed by atoms with E-state index in [0.717, 1.165) is 25.1 Å². The van der Waals surface area contributed by atoms with Crippen LogP contribution < -0.4 is 0 Å². The molecule has 0 aliphatic carbocycles. The molecule has 0 radical (unpaired) electrons. The molecule has 0 atom stereocenters. The molecule has 0 bridgehead atoms. The maximum absolute atomic E-state index is 8.95. The second kappa shape index (κ2) is 7.80. The third-order valence-corrected chi connectivity index (χ3v) is 2.31. The van der Waals surface area contributed by atoms with Crippen molar-refractivity contribution >= 4 is 0 Å². The maximum atomic E-state index is 8.95. The van der Waals surface area contributed by atoms with Gasteiger partial charge in [-0.15, -0.1) is 0 Å². The van der Waals surface area contributed by atoms with Crippen LogP contribution in [0.1, 0.15) is 18.4 Å². The van der Waals surface area contributed by atoms with E-state index in [9.17, 15) is 0 Å².